The van der Waals surface area contributed by atoms with Crippen LogP contribution in [0.25, 0.3) is 0 Å². The second-order valence-corrected chi connectivity index (χ2v) is 17.9. The first-order valence-corrected chi connectivity index (χ1v) is 26.1. The first kappa shape index (κ1) is 75.2. The van der Waals surface area contributed by atoms with Crippen molar-refractivity contribution in [2.45, 2.75) is 166 Å². The number of carbonyl (C=O) groups is 10. The van der Waals surface area contributed by atoms with Gasteiger partial charge in [-0.3, -0.25) is 60.9 Å². The van der Waals surface area contributed by atoms with Crippen molar-refractivity contribution in [3.63, 3.8) is 0 Å². The molecule has 0 aromatic heterocycles. The molecule has 11 atom stereocenters. The summed E-state index contributed by atoms with van der Waals surface area (Å²) in [5.74, 6) is -8.09. The second kappa shape index (κ2) is 37.5. The number of rotatable bonds is 18. The van der Waals surface area contributed by atoms with E-state index in [2.05, 4.69) is 4.74 Å². The number of halogens is 3. The lowest BCUT2D eigenvalue weighted by Gasteiger charge is -2.43. The highest BCUT2D eigenvalue weighted by molar-refractivity contribution is 6.33. The third-order valence-corrected chi connectivity index (χ3v) is 10.7. The standard InChI is InChI=1S/C23H28O12.C23H30O11.C4H6O3.C4H10O.BF3/c1-11-19(10-29-12(2)24)35-23(22(33-16(6)28)20(11)31-14(4)26)34-18-9-7-8-17(30-13(3)25)21(18)32-15(5)27;1-7-28-23(6)33-17-10-8-9-16(20(17)34-23)31-22-21(30-15(5)26)19(29-14(4)25)12(2)18(32-22)11-27-13(3)24;1-3(5)7-4(2)6;1-3-5-4-2;2-1(3)4/h7-9,11,19-20,22-23H,10H2,1-6H3;8-10,12,18-19,21-22H,7,11H2,1-6H3;1-2H3;3-4H2,1-2H3;/t11-,19-,20+,22-,23-;12-,18-,19+,21-,22-,23?;;;/m11.../s1. The van der Waals surface area contributed by atoms with Crippen molar-refractivity contribution in [3.05, 3.63) is 36.4 Å². The number of para-hydroxylation sites is 2. The Morgan fingerprint density at radius 1 is 0.494 bits per heavy atom. The van der Waals surface area contributed by atoms with Gasteiger partial charge in [-0.05, 0) is 45.0 Å². The molecule has 3 heterocycles. The van der Waals surface area contributed by atoms with Crippen molar-refractivity contribution in [1.29, 1.82) is 0 Å². The van der Waals surface area contributed by atoms with Crippen LogP contribution < -0.4 is 28.4 Å². The van der Waals surface area contributed by atoms with Crippen molar-refractivity contribution in [2.75, 3.05) is 33.0 Å². The van der Waals surface area contributed by atoms with E-state index in [0.717, 1.165) is 34.0 Å². The number of esters is 10. The molecule has 3 aliphatic heterocycles. The quantitative estimate of drug-likeness (QED) is 0.0538. The van der Waals surface area contributed by atoms with E-state index in [1.165, 1.54) is 66.7 Å². The summed E-state index contributed by atoms with van der Waals surface area (Å²) in [7, 11) is -3.67. The lowest BCUT2D eigenvalue weighted by atomic mass is 9.90. The maximum atomic E-state index is 11.9. The Balaban J connectivity index is 0.000000676. The molecule has 0 spiro atoms. The molecule has 0 radical (unpaired) electrons. The van der Waals surface area contributed by atoms with Gasteiger partial charge in [-0.1, -0.05) is 26.0 Å². The topological polar surface area (TPSA) is 328 Å². The number of ether oxygens (including phenoxy) is 17. The predicted molar refractivity (Wildman–Crippen MR) is 283 cm³/mol. The van der Waals surface area contributed by atoms with Gasteiger partial charge in [0.25, 0.3) is 0 Å². The van der Waals surface area contributed by atoms with Crippen molar-refractivity contribution < 1.29 is 141 Å². The molecular weight excluding hydrogens is 1150 g/mol. The highest BCUT2D eigenvalue weighted by Crippen LogP contribution is 2.47. The van der Waals surface area contributed by atoms with E-state index >= 15 is 0 Å². The van der Waals surface area contributed by atoms with Gasteiger partial charge in [0, 0.05) is 101 Å². The van der Waals surface area contributed by atoms with Crippen LogP contribution in [-0.4, -0.2) is 155 Å². The molecule has 0 amide bonds. The van der Waals surface area contributed by atoms with Gasteiger partial charge in [0.05, 0.1) is 6.61 Å². The van der Waals surface area contributed by atoms with Crippen LogP contribution in [0.3, 0.4) is 0 Å². The number of carbonyl (C=O) groups excluding carboxylic acids is 10. The summed E-state index contributed by atoms with van der Waals surface area (Å²) in [6.07, 6.45) is -8.49. The molecule has 27 nitrogen and oxygen atoms in total. The summed E-state index contributed by atoms with van der Waals surface area (Å²) in [6, 6.07) is 9.23. The monoisotopic (exact) mass is 1220 g/mol. The van der Waals surface area contributed by atoms with Crippen molar-refractivity contribution in [1.82, 2.24) is 0 Å². The highest BCUT2D eigenvalue weighted by atomic mass is 19.4. The minimum Gasteiger partial charge on any atom is -0.463 e. The number of benzene rings is 2. The summed E-state index contributed by atoms with van der Waals surface area (Å²) in [5.41, 5.74) is 0. The Kier molecular flexibility index (Phi) is 33.2. The van der Waals surface area contributed by atoms with Gasteiger partial charge in [-0.2, -0.15) is 0 Å². The summed E-state index contributed by atoms with van der Waals surface area (Å²) < 4.78 is 121. The molecule has 0 aliphatic carbocycles. The molecule has 0 N–H and O–H groups in total. The maximum absolute atomic E-state index is 11.9. The van der Waals surface area contributed by atoms with E-state index in [4.69, 9.17) is 75.8 Å². The van der Waals surface area contributed by atoms with E-state index < -0.39 is 134 Å². The molecule has 0 saturated carbocycles. The van der Waals surface area contributed by atoms with Crippen LogP contribution in [0.5, 0.6) is 34.5 Å². The fraction of sp³-hybridized carbons (Fsp3) is 0.593. The minimum atomic E-state index is -3.67. The molecule has 2 saturated heterocycles. The number of fused-ring (bicyclic) bond motifs is 1. The number of hydrogen-bond acceptors (Lipinski definition) is 27. The van der Waals surface area contributed by atoms with Gasteiger partial charge in [-0.25, -0.2) is 0 Å². The zero-order valence-corrected chi connectivity index (χ0v) is 50.0. The smallest absolute Gasteiger partial charge is 0.463 e. The molecule has 476 valence electrons. The van der Waals surface area contributed by atoms with Crippen LogP contribution >= 0.6 is 0 Å². The van der Waals surface area contributed by atoms with Crippen LogP contribution in [0.4, 0.5) is 12.9 Å². The Hall–Kier alpha value is -7.77. The summed E-state index contributed by atoms with van der Waals surface area (Å²) >= 11 is 0. The SMILES string of the molecule is CC(=O)OC(C)=O.CC(=O)OC[C@H]1O[C@@H](Oc2cccc(OC(C)=O)c2OC(C)=O)[C@H](OC(C)=O)[C@@H](OC(C)=O)[C@@H]1C.CCOC1(C)Oc2cccc(O[C@@H]3O[C@H](COC(C)=O)[C@@H](C)[C@H](OC(C)=O)[C@H]3OC(C)=O)c2O1.CCOCC.FB(F)F. The van der Waals surface area contributed by atoms with Crippen LogP contribution in [0.2, 0.25) is 0 Å². The summed E-state index contributed by atoms with van der Waals surface area (Å²) in [6.45, 7) is 24.5. The van der Waals surface area contributed by atoms with E-state index in [-0.39, 0.29) is 42.0 Å². The van der Waals surface area contributed by atoms with Gasteiger partial charge < -0.3 is 80.5 Å². The summed E-state index contributed by atoms with van der Waals surface area (Å²) in [4.78, 5) is 113. The normalized spacial score (nSPS) is 23.0. The molecule has 1 unspecified atom stereocenters. The third-order valence-electron chi connectivity index (χ3n) is 10.7. The number of hydrogen-bond donors (Lipinski definition) is 0. The largest absolute Gasteiger partial charge is 0.762 e. The molecule has 2 aromatic carbocycles. The molecule has 31 heteroatoms. The van der Waals surface area contributed by atoms with Gasteiger partial charge in [-0.15, -0.1) is 0 Å². The first-order chi connectivity index (χ1) is 39.7. The van der Waals surface area contributed by atoms with Crippen molar-refractivity contribution in [2.24, 2.45) is 11.8 Å². The maximum Gasteiger partial charge on any atom is 0.762 e. The first-order valence-electron chi connectivity index (χ1n) is 26.1. The van der Waals surface area contributed by atoms with Gasteiger partial charge in [0.15, 0.2) is 23.0 Å². The van der Waals surface area contributed by atoms with Crippen LogP contribution in [-0.2, 0) is 100 Å². The molecular formula is C54H74BF3O27. The third kappa shape index (κ3) is 28.1. The van der Waals surface area contributed by atoms with Gasteiger partial charge >= 0.3 is 73.2 Å². The average Bonchev–Trinajstić information content (AvgIpc) is 2.66. The average molecular weight is 1220 g/mol. The highest BCUT2D eigenvalue weighted by Gasteiger charge is 2.52. The van der Waals surface area contributed by atoms with Crippen LogP contribution in [0.1, 0.15) is 111 Å². The van der Waals surface area contributed by atoms with Crippen LogP contribution in [0.15, 0.2) is 36.4 Å². The van der Waals surface area contributed by atoms with Crippen molar-refractivity contribution >= 4 is 67.2 Å². The fourth-order valence-corrected chi connectivity index (χ4v) is 7.63. The Morgan fingerprint density at radius 3 is 1.24 bits per heavy atom. The zero-order valence-electron chi connectivity index (χ0n) is 50.0. The minimum absolute atomic E-state index is 0.0940. The van der Waals surface area contributed by atoms with Gasteiger partial charge in [0.2, 0.25) is 36.3 Å². The van der Waals surface area contributed by atoms with E-state index in [1.807, 2.05) is 13.8 Å². The molecule has 0 bridgehead atoms. The van der Waals surface area contributed by atoms with E-state index in [0.29, 0.717) is 12.4 Å². The molecule has 3 aliphatic rings. The Bertz CT molecular complexity index is 2530. The Morgan fingerprint density at radius 2 is 0.882 bits per heavy atom. The molecule has 5 rings (SSSR count). The van der Waals surface area contributed by atoms with E-state index in [9.17, 15) is 60.9 Å². The lowest BCUT2D eigenvalue weighted by molar-refractivity contribution is -0.275. The lowest BCUT2D eigenvalue weighted by Crippen LogP contribution is -2.59. The van der Waals surface area contributed by atoms with Gasteiger partial charge in [0.1, 0.15) is 37.6 Å². The molecule has 85 heavy (non-hydrogen) atoms. The second-order valence-electron chi connectivity index (χ2n) is 17.9. The molecule has 2 fully saturated rings. The predicted octanol–water partition coefficient (Wildman–Crippen LogP) is 6.06. The molecule has 2 aromatic rings. The Labute approximate surface area is 489 Å². The fourth-order valence-electron chi connectivity index (χ4n) is 7.63. The summed E-state index contributed by atoms with van der Waals surface area (Å²) in [5, 5.41) is 0. The van der Waals surface area contributed by atoms with Crippen LogP contribution in [0, 0.1) is 11.8 Å². The zero-order chi connectivity index (χ0) is 64.9. The van der Waals surface area contributed by atoms with E-state index in [1.54, 1.807) is 45.9 Å². The van der Waals surface area contributed by atoms with Crippen molar-refractivity contribution in [3.8, 4) is 34.5 Å².